The molecule has 0 unspecified atom stereocenters. The van der Waals surface area contributed by atoms with E-state index < -0.39 is 5.72 Å². The maximum atomic E-state index is 11.9. The van der Waals surface area contributed by atoms with Crippen molar-refractivity contribution in [1.29, 1.82) is 0 Å². The quantitative estimate of drug-likeness (QED) is 0.852. The molecule has 0 bridgehead atoms. The molecule has 0 spiro atoms. The van der Waals surface area contributed by atoms with Crippen LogP contribution >= 0.6 is 0 Å². The minimum Gasteiger partial charge on any atom is -0.367 e. The first-order valence-corrected chi connectivity index (χ1v) is 6.93. The van der Waals surface area contributed by atoms with Crippen LogP contribution in [0.5, 0.6) is 0 Å². The predicted molar refractivity (Wildman–Crippen MR) is 75.5 cm³/mol. The average molecular weight is 259 g/mol. The van der Waals surface area contributed by atoms with Gasteiger partial charge in [-0.05, 0) is 30.9 Å². The molecule has 1 aromatic rings. The monoisotopic (exact) mass is 259 g/mol. The molecule has 1 heterocycles. The molecule has 0 saturated carbocycles. The third-order valence-corrected chi connectivity index (χ3v) is 3.59. The highest BCUT2D eigenvalue weighted by atomic mass is 16.3. The molecule has 1 atom stereocenters. The summed E-state index contributed by atoms with van der Waals surface area (Å²) < 4.78 is 0. The summed E-state index contributed by atoms with van der Waals surface area (Å²) in [6.45, 7) is 2.63. The molecule has 0 aromatic heterocycles. The Morgan fingerprint density at radius 3 is 2.68 bits per heavy atom. The van der Waals surface area contributed by atoms with Gasteiger partial charge in [-0.1, -0.05) is 43.7 Å². The van der Waals surface area contributed by atoms with E-state index in [9.17, 15) is 9.90 Å². The minimum absolute atomic E-state index is 0.0884. The highest BCUT2D eigenvalue weighted by molar-refractivity contribution is 5.91. The van der Waals surface area contributed by atoms with Crippen LogP contribution in [0.4, 0.5) is 0 Å². The Kier molecular flexibility index (Phi) is 4.38. The van der Waals surface area contributed by atoms with Gasteiger partial charge in [-0.2, -0.15) is 0 Å². The molecule has 0 radical (unpaired) electrons. The second-order valence-electron chi connectivity index (χ2n) is 5.04. The van der Waals surface area contributed by atoms with E-state index in [4.69, 9.17) is 0 Å². The van der Waals surface area contributed by atoms with Crippen LogP contribution in [0.3, 0.4) is 0 Å². The van der Waals surface area contributed by atoms with Gasteiger partial charge in [0.05, 0.1) is 0 Å². The highest BCUT2D eigenvalue weighted by Crippen LogP contribution is 2.27. The number of nitrogens with zero attached hydrogens (tertiary/aromatic N) is 1. The molecular weight excluding hydrogens is 238 g/mol. The molecule has 0 fully saturated rings. The molecule has 1 aromatic carbocycles. The summed E-state index contributed by atoms with van der Waals surface area (Å²) in [5.41, 5.74) is 0.0991. The molecule has 1 N–H and O–H groups in total. The summed E-state index contributed by atoms with van der Waals surface area (Å²) >= 11 is 0. The van der Waals surface area contributed by atoms with Crippen molar-refractivity contribution in [2.75, 3.05) is 6.54 Å². The second-order valence-corrected chi connectivity index (χ2v) is 5.04. The lowest BCUT2D eigenvalue weighted by Gasteiger charge is -2.33. The van der Waals surface area contributed by atoms with Gasteiger partial charge in [0.1, 0.15) is 0 Å². The Balaban J connectivity index is 1.99. The van der Waals surface area contributed by atoms with Crippen molar-refractivity contribution in [2.24, 2.45) is 0 Å². The fraction of sp³-hybridized carbons (Fsp3) is 0.438. The molecule has 3 nitrogen and oxygen atoms in total. The SMILES string of the molecule is CCCC[C@]1(O)C=CC(=O)N1CCc1ccccc1. The minimum atomic E-state index is -1.08. The molecule has 0 aliphatic carbocycles. The van der Waals surface area contributed by atoms with Crippen molar-refractivity contribution in [3.8, 4) is 0 Å². The van der Waals surface area contributed by atoms with E-state index in [0.717, 1.165) is 19.3 Å². The van der Waals surface area contributed by atoms with Crippen LogP contribution in [-0.4, -0.2) is 28.2 Å². The molecule has 102 valence electrons. The third-order valence-electron chi connectivity index (χ3n) is 3.59. The van der Waals surface area contributed by atoms with Crippen molar-refractivity contribution >= 4 is 5.91 Å². The zero-order valence-electron chi connectivity index (χ0n) is 11.4. The van der Waals surface area contributed by atoms with Gasteiger partial charge in [0.25, 0.3) is 0 Å². The first-order chi connectivity index (χ1) is 9.15. The number of unbranched alkanes of at least 4 members (excludes halogenated alkanes) is 1. The molecule has 1 aliphatic heterocycles. The Morgan fingerprint density at radius 1 is 1.26 bits per heavy atom. The van der Waals surface area contributed by atoms with Gasteiger partial charge in [0, 0.05) is 12.6 Å². The Bertz CT molecular complexity index is 455. The van der Waals surface area contributed by atoms with Crippen molar-refractivity contribution < 1.29 is 9.90 Å². The number of aliphatic hydroxyl groups is 1. The van der Waals surface area contributed by atoms with Crippen molar-refractivity contribution in [1.82, 2.24) is 4.90 Å². The lowest BCUT2D eigenvalue weighted by Crippen LogP contribution is -2.47. The molecule has 1 amide bonds. The maximum Gasteiger partial charge on any atom is 0.248 e. The number of hydrogen-bond donors (Lipinski definition) is 1. The topological polar surface area (TPSA) is 40.5 Å². The number of amides is 1. The molecule has 2 rings (SSSR count). The molecule has 0 saturated heterocycles. The van der Waals surface area contributed by atoms with Gasteiger partial charge in [-0.25, -0.2) is 0 Å². The van der Waals surface area contributed by atoms with Gasteiger partial charge in [0.2, 0.25) is 5.91 Å². The van der Waals surface area contributed by atoms with Gasteiger partial charge < -0.3 is 10.0 Å². The first kappa shape index (κ1) is 13.8. The summed E-state index contributed by atoms with van der Waals surface area (Å²) in [6.07, 6.45) is 6.42. The first-order valence-electron chi connectivity index (χ1n) is 6.93. The van der Waals surface area contributed by atoms with Crippen molar-refractivity contribution in [2.45, 2.75) is 38.3 Å². The lowest BCUT2D eigenvalue weighted by molar-refractivity contribution is -0.142. The van der Waals surface area contributed by atoms with E-state index in [1.54, 1.807) is 11.0 Å². The Labute approximate surface area is 114 Å². The van der Waals surface area contributed by atoms with Crippen molar-refractivity contribution in [3.63, 3.8) is 0 Å². The van der Waals surface area contributed by atoms with E-state index >= 15 is 0 Å². The number of hydrogen-bond acceptors (Lipinski definition) is 2. The normalized spacial score (nSPS) is 22.2. The van der Waals surface area contributed by atoms with Crippen LogP contribution in [-0.2, 0) is 11.2 Å². The van der Waals surface area contributed by atoms with E-state index in [-0.39, 0.29) is 5.91 Å². The number of carbonyl (C=O) groups excluding carboxylic acids is 1. The van der Waals surface area contributed by atoms with Crippen LogP contribution in [0.15, 0.2) is 42.5 Å². The fourth-order valence-electron chi connectivity index (χ4n) is 2.42. The maximum absolute atomic E-state index is 11.9. The molecule has 3 heteroatoms. The van der Waals surface area contributed by atoms with Crippen LogP contribution < -0.4 is 0 Å². The second kappa shape index (κ2) is 6.02. The van der Waals surface area contributed by atoms with Gasteiger partial charge in [0.15, 0.2) is 5.72 Å². The lowest BCUT2D eigenvalue weighted by atomic mass is 10.0. The van der Waals surface area contributed by atoms with E-state index in [1.807, 2.05) is 30.3 Å². The number of carbonyl (C=O) groups is 1. The van der Waals surface area contributed by atoms with Gasteiger partial charge >= 0.3 is 0 Å². The zero-order valence-corrected chi connectivity index (χ0v) is 11.4. The average Bonchev–Trinajstić information content (AvgIpc) is 2.72. The van der Waals surface area contributed by atoms with E-state index in [0.29, 0.717) is 13.0 Å². The summed E-state index contributed by atoms with van der Waals surface area (Å²) in [4.78, 5) is 13.4. The largest absolute Gasteiger partial charge is 0.367 e. The van der Waals surface area contributed by atoms with Crippen LogP contribution in [0, 0.1) is 0 Å². The van der Waals surface area contributed by atoms with Gasteiger partial charge in [-0.3, -0.25) is 4.79 Å². The van der Waals surface area contributed by atoms with Crippen LogP contribution in [0.2, 0.25) is 0 Å². The van der Waals surface area contributed by atoms with Crippen LogP contribution in [0.25, 0.3) is 0 Å². The molecule has 19 heavy (non-hydrogen) atoms. The Morgan fingerprint density at radius 2 is 2.00 bits per heavy atom. The van der Waals surface area contributed by atoms with E-state index in [1.165, 1.54) is 11.6 Å². The number of rotatable bonds is 6. The molecular formula is C16H21NO2. The summed E-state index contributed by atoms with van der Waals surface area (Å²) in [5, 5.41) is 10.5. The predicted octanol–water partition coefficient (Wildman–Crippen LogP) is 2.51. The summed E-state index contributed by atoms with van der Waals surface area (Å²) in [5.74, 6) is -0.0884. The third kappa shape index (κ3) is 3.24. The highest BCUT2D eigenvalue weighted by Gasteiger charge is 2.38. The van der Waals surface area contributed by atoms with E-state index in [2.05, 4.69) is 6.92 Å². The standard InChI is InChI=1S/C16H21NO2/c1-2-3-11-16(19)12-9-15(18)17(16)13-10-14-7-5-4-6-8-14/h4-9,12,19H,2-3,10-11,13H2,1H3/t16-/m0/s1. The fourth-order valence-corrected chi connectivity index (χ4v) is 2.42. The van der Waals surface area contributed by atoms with Gasteiger partial charge in [-0.15, -0.1) is 0 Å². The zero-order chi connectivity index (χ0) is 13.7. The number of benzene rings is 1. The Hall–Kier alpha value is -1.61. The summed E-state index contributed by atoms with van der Waals surface area (Å²) in [7, 11) is 0. The van der Waals surface area contributed by atoms with Crippen molar-refractivity contribution in [3.05, 3.63) is 48.0 Å². The van der Waals surface area contributed by atoms with Crippen LogP contribution in [0.1, 0.15) is 31.7 Å². The smallest absolute Gasteiger partial charge is 0.248 e. The summed E-state index contributed by atoms with van der Waals surface area (Å²) in [6, 6.07) is 10.0. The molecule has 1 aliphatic rings.